The van der Waals surface area contributed by atoms with Gasteiger partial charge < -0.3 is 9.47 Å². The van der Waals surface area contributed by atoms with Crippen molar-refractivity contribution in [1.82, 2.24) is 0 Å². The molecule has 0 saturated carbocycles. The van der Waals surface area contributed by atoms with Crippen molar-refractivity contribution in [3.8, 4) is 0 Å². The van der Waals surface area contributed by atoms with E-state index < -0.39 is 0 Å². The minimum absolute atomic E-state index is 0.0277. The molecule has 0 aromatic rings. The molecule has 1 atom stereocenters. The smallest absolute Gasteiger partial charge is 0.306 e. The highest BCUT2D eigenvalue weighted by molar-refractivity contribution is 5.72. The van der Waals surface area contributed by atoms with E-state index in [-0.39, 0.29) is 30.9 Å². The normalized spacial score (nSPS) is 11.9. The van der Waals surface area contributed by atoms with Crippen LogP contribution in [-0.4, -0.2) is 24.6 Å². The third-order valence-corrected chi connectivity index (χ3v) is 2.09. The average molecular weight is 230 g/mol. The maximum atomic E-state index is 11.3. The molecule has 4 nitrogen and oxygen atoms in total. The molecule has 1 unspecified atom stereocenters. The molecule has 0 radical (unpaired) electrons. The van der Waals surface area contributed by atoms with Crippen LogP contribution in [-0.2, 0) is 19.1 Å². The van der Waals surface area contributed by atoms with E-state index in [4.69, 9.17) is 9.47 Å². The number of hydrogen-bond donors (Lipinski definition) is 0. The molecule has 94 valence electrons. The van der Waals surface area contributed by atoms with Crippen LogP contribution in [0.2, 0.25) is 0 Å². The molecule has 4 heteroatoms. The third-order valence-electron chi connectivity index (χ3n) is 2.09. The molecule has 0 saturated heterocycles. The van der Waals surface area contributed by atoms with Crippen molar-refractivity contribution in [3.05, 3.63) is 0 Å². The van der Waals surface area contributed by atoms with Gasteiger partial charge in [-0.1, -0.05) is 13.3 Å². The molecule has 0 fully saturated rings. The Morgan fingerprint density at radius 1 is 1.12 bits per heavy atom. The Hall–Kier alpha value is -1.06. The first-order chi connectivity index (χ1) is 7.60. The largest absolute Gasteiger partial charge is 0.466 e. The van der Waals surface area contributed by atoms with Crippen molar-refractivity contribution in [2.45, 2.75) is 59.0 Å². The number of ether oxygens (including phenoxy) is 2. The Balaban J connectivity index is 3.54. The van der Waals surface area contributed by atoms with Crippen molar-refractivity contribution < 1.29 is 19.1 Å². The van der Waals surface area contributed by atoms with E-state index in [1.54, 1.807) is 6.92 Å². The Labute approximate surface area is 97.3 Å². The molecule has 0 bridgehead atoms. The lowest BCUT2D eigenvalue weighted by molar-refractivity contribution is -0.149. The zero-order valence-electron chi connectivity index (χ0n) is 10.5. The second-order valence-corrected chi connectivity index (χ2v) is 3.75. The van der Waals surface area contributed by atoms with E-state index in [9.17, 15) is 9.59 Å². The Kier molecular flexibility index (Phi) is 8.58. The Bertz CT molecular complexity index is 213. The van der Waals surface area contributed by atoms with Crippen LogP contribution in [0.4, 0.5) is 0 Å². The quantitative estimate of drug-likeness (QED) is 0.601. The summed E-state index contributed by atoms with van der Waals surface area (Å²) in [6, 6.07) is 0. The van der Waals surface area contributed by atoms with Crippen molar-refractivity contribution >= 4 is 11.9 Å². The van der Waals surface area contributed by atoms with Gasteiger partial charge in [0.1, 0.15) is 0 Å². The van der Waals surface area contributed by atoms with Crippen LogP contribution in [0.1, 0.15) is 52.9 Å². The van der Waals surface area contributed by atoms with Crippen LogP contribution >= 0.6 is 0 Å². The number of esters is 2. The monoisotopic (exact) mass is 230 g/mol. The molecule has 0 aliphatic carbocycles. The minimum atomic E-state index is -0.253. The number of rotatable bonds is 8. The molecule has 16 heavy (non-hydrogen) atoms. The lowest BCUT2D eigenvalue weighted by atomic mass is 10.2. The molecular formula is C12H22O4. The summed E-state index contributed by atoms with van der Waals surface area (Å²) < 4.78 is 9.89. The summed E-state index contributed by atoms with van der Waals surface area (Å²) in [4.78, 5) is 22.3. The Morgan fingerprint density at radius 2 is 1.75 bits per heavy atom. The molecular weight excluding hydrogens is 208 g/mol. The van der Waals surface area contributed by atoms with Gasteiger partial charge >= 0.3 is 11.9 Å². The fraction of sp³-hybridized carbons (Fsp3) is 0.833. The maximum absolute atomic E-state index is 11.3. The Morgan fingerprint density at radius 3 is 2.31 bits per heavy atom. The van der Waals surface area contributed by atoms with Gasteiger partial charge in [0, 0.05) is 12.8 Å². The minimum Gasteiger partial charge on any atom is -0.466 e. The highest BCUT2D eigenvalue weighted by atomic mass is 16.5. The summed E-state index contributed by atoms with van der Waals surface area (Å²) in [6.45, 7) is 6.08. The lowest BCUT2D eigenvalue weighted by Gasteiger charge is -2.11. The molecule has 0 heterocycles. The third kappa shape index (κ3) is 8.26. The summed E-state index contributed by atoms with van der Waals surface area (Å²) in [6.07, 6.45) is 2.91. The first-order valence-corrected chi connectivity index (χ1v) is 5.95. The summed E-state index contributed by atoms with van der Waals surface area (Å²) >= 11 is 0. The van der Waals surface area contributed by atoms with Crippen molar-refractivity contribution in [3.63, 3.8) is 0 Å². The van der Waals surface area contributed by atoms with Crippen molar-refractivity contribution in [2.24, 2.45) is 0 Å². The SMILES string of the molecule is CCCC(C)OC(=O)CCCC(=O)OCC. The molecule has 0 aliphatic heterocycles. The van der Waals surface area contributed by atoms with E-state index in [0.29, 0.717) is 13.0 Å². The molecule has 0 aliphatic rings. The first kappa shape index (κ1) is 14.9. The van der Waals surface area contributed by atoms with Gasteiger partial charge in [0.15, 0.2) is 0 Å². The average Bonchev–Trinajstić information content (AvgIpc) is 2.18. The number of carbonyl (C=O) groups is 2. The lowest BCUT2D eigenvalue weighted by Crippen LogP contribution is -2.15. The maximum Gasteiger partial charge on any atom is 0.306 e. The predicted molar refractivity (Wildman–Crippen MR) is 60.9 cm³/mol. The van der Waals surface area contributed by atoms with Gasteiger partial charge in [-0.3, -0.25) is 9.59 Å². The fourth-order valence-electron chi connectivity index (χ4n) is 1.36. The molecule has 0 aromatic heterocycles. The predicted octanol–water partition coefficient (Wildman–Crippen LogP) is 2.45. The van der Waals surface area contributed by atoms with E-state index in [1.165, 1.54) is 0 Å². The fourth-order valence-corrected chi connectivity index (χ4v) is 1.36. The van der Waals surface area contributed by atoms with E-state index in [0.717, 1.165) is 12.8 Å². The van der Waals surface area contributed by atoms with Gasteiger partial charge in [0.2, 0.25) is 0 Å². The van der Waals surface area contributed by atoms with Gasteiger partial charge in [-0.15, -0.1) is 0 Å². The summed E-state index contributed by atoms with van der Waals surface area (Å²) in [5.74, 6) is -0.484. The van der Waals surface area contributed by atoms with Crippen LogP contribution in [0.25, 0.3) is 0 Å². The zero-order valence-corrected chi connectivity index (χ0v) is 10.5. The molecule has 0 amide bonds. The van der Waals surface area contributed by atoms with Gasteiger partial charge in [0.05, 0.1) is 12.7 Å². The second kappa shape index (κ2) is 9.19. The van der Waals surface area contributed by atoms with Crippen LogP contribution in [0.3, 0.4) is 0 Å². The van der Waals surface area contributed by atoms with E-state index in [2.05, 4.69) is 0 Å². The van der Waals surface area contributed by atoms with Crippen molar-refractivity contribution in [1.29, 1.82) is 0 Å². The van der Waals surface area contributed by atoms with Crippen LogP contribution in [0.5, 0.6) is 0 Å². The highest BCUT2D eigenvalue weighted by Crippen LogP contribution is 2.05. The number of hydrogen-bond acceptors (Lipinski definition) is 4. The van der Waals surface area contributed by atoms with Crippen LogP contribution in [0, 0.1) is 0 Å². The van der Waals surface area contributed by atoms with Crippen LogP contribution < -0.4 is 0 Å². The van der Waals surface area contributed by atoms with Gasteiger partial charge in [-0.25, -0.2) is 0 Å². The summed E-state index contributed by atoms with van der Waals surface area (Å²) in [5.41, 5.74) is 0. The van der Waals surface area contributed by atoms with E-state index in [1.807, 2.05) is 13.8 Å². The molecule has 0 spiro atoms. The van der Waals surface area contributed by atoms with Gasteiger partial charge in [-0.05, 0) is 26.7 Å². The molecule has 0 aromatic carbocycles. The summed E-state index contributed by atoms with van der Waals surface area (Å²) in [7, 11) is 0. The zero-order chi connectivity index (χ0) is 12.4. The number of carbonyl (C=O) groups excluding carboxylic acids is 2. The first-order valence-electron chi connectivity index (χ1n) is 5.95. The summed E-state index contributed by atoms with van der Waals surface area (Å²) in [5, 5.41) is 0. The van der Waals surface area contributed by atoms with Gasteiger partial charge in [0.25, 0.3) is 0 Å². The van der Waals surface area contributed by atoms with Crippen molar-refractivity contribution in [2.75, 3.05) is 6.61 Å². The standard InChI is InChI=1S/C12H22O4/c1-4-7-10(3)16-12(14)9-6-8-11(13)15-5-2/h10H,4-9H2,1-3H3. The van der Waals surface area contributed by atoms with E-state index >= 15 is 0 Å². The molecule has 0 rings (SSSR count). The topological polar surface area (TPSA) is 52.6 Å². The van der Waals surface area contributed by atoms with Gasteiger partial charge in [-0.2, -0.15) is 0 Å². The van der Waals surface area contributed by atoms with Crippen LogP contribution in [0.15, 0.2) is 0 Å². The highest BCUT2D eigenvalue weighted by Gasteiger charge is 2.09. The molecule has 0 N–H and O–H groups in total. The second-order valence-electron chi connectivity index (χ2n) is 3.75.